The van der Waals surface area contributed by atoms with Crippen molar-refractivity contribution in [1.29, 1.82) is 0 Å². The molecule has 0 bridgehead atoms. The predicted molar refractivity (Wildman–Crippen MR) is 114 cm³/mol. The van der Waals surface area contributed by atoms with Crippen LogP contribution in [-0.4, -0.2) is 20.9 Å². The van der Waals surface area contributed by atoms with Crippen LogP contribution in [0.5, 0.6) is 0 Å². The summed E-state index contributed by atoms with van der Waals surface area (Å²) in [4.78, 5) is 25.4. The zero-order valence-electron chi connectivity index (χ0n) is 16.0. The Labute approximate surface area is 169 Å². The normalized spacial score (nSPS) is 10.5. The van der Waals surface area contributed by atoms with Crippen molar-refractivity contribution in [2.24, 2.45) is 0 Å². The van der Waals surface area contributed by atoms with Gasteiger partial charge in [0.1, 0.15) is 5.82 Å². The molecule has 4 aromatic rings. The fourth-order valence-corrected chi connectivity index (χ4v) is 3.05. The minimum Gasteiger partial charge on any atom is -0.310 e. The quantitative estimate of drug-likeness (QED) is 0.545. The molecule has 0 spiro atoms. The largest absolute Gasteiger partial charge is 0.310 e. The van der Waals surface area contributed by atoms with Gasteiger partial charge >= 0.3 is 0 Å². The molecule has 0 saturated heterocycles. The SMILES string of the molecule is Cc1cc(-c2ccc(CC(=O)Nc3ccc(-c4ccccc4)cn3)cn2)ccn1. The second-order valence-corrected chi connectivity index (χ2v) is 6.76. The maximum atomic E-state index is 12.3. The predicted octanol–water partition coefficient (Wildman–Crippen LogP) is 4.70. The molecule has 3 heterocycles. The third-order valence-corrected chi connectivity index (χ3v) is 4.52. The highest BCUT2D eigenvalue weighted by molar-refractivity contribution is 5.91. The fourth-order valence-electron chi connectivity index (χ4n) is 3.05. The van der Waals surface area contributed by atoms with E-state index in [9.17, 15) is 4.79 Å². The molecule has 0 aliphatic carbocycles. The van der Waals surface area contributed by atoms with Gasteiger partial charge < -0.3 is 5.32 Å². The molecular weight excluding hydrogens is 360 g/mol. The van der Waals surface area contributed by atoms with E-state index in [1.807, 2.05) is 73.7 Å². The van der Waals surface area contributed by atoms with Crippen molar-refractivity contribution < 1.29 is 4.79 Å². The lowest BCUT2D eigenvalue weighted by Crippen LogP contribution is -2.15. The molecule has 1 aromatic carbocycles. The van der Waals surface area contributed by atoms with Gasteiger partial charge in [0.25, 0.3) is 0 Å². The summed E-state index contributed by atoms with van der Waals surface area (Å²) >= 11 is 0. The average Bonchev–Trinajstić information content (AvgIpc) is 2.75. The monoisotopic (exact) mass is 380 g/mol. The zero-order valence-corrected chi connectivity index (χ0v) is 16.0. The van der Waals surface area contributed by atoms with Crippen LogP contribution >= 0.6 is 0 Å². The lowest BCUT2D eigenvalue weighted by atomic mass is 10.1. The molecule has 29 heavy (non-hydrogen) atoms. The Hall–Kier alpha value is -3.86. The summed E-state index contributed by atoms with van der Waals surface area (Å²) in [7, 11) is 0. The van der Waals surface area contributed by atoms with E-state index in [1.165, 1.54) is 0 Å². The average molecular weight is 380 g/mol. The number of carbonyl (C=O) groups excluding carboxylic acids is 1. The van der Waals surface area contributed by atoms with Crippen molar-refractivity contribution in [2.75, 3.05) is 5.32 Å². The molecule has 0 radical (unpaired) electrons. The van der Waals surface area contributed by atoms with Crippen LogP contribution in [0.3, 0.4) is 0 Å². The first-order valence-corrected chi connectivity index (χ1v) is 9.37. The van der Waals surface area contributed by atoms with Gasteiger partial charge in [-0.1, -0.05) is 36.4 Å². The maximum absolute atomic E-state index is 12.3. The second-order valence-electron chi connectivity index (χ2n) is 6.76. The molecule has 1 amide bonds. The van der Waals surface area contributed by atoms with Crippen molar-refractivity contribution in [2.45, 2.75) is 13.3 Å². The van der Waals surface area contributed by atoms with Crippen LogP contribution in [0.15, 0.2) is 85.3 Å². The van der Waals surface area contributed by atoms with E-state index in [4.69, 9.17) is 0 Å². The van der Waals surface area contributed by atoms with E-state index in [2.05, 4.69) is 20.3 Å². The molecule has 5 nitrogen and oxygen atoms in total. The molecule has 1 N–H and O–H groups in total. The van der Waals surface area contributed by atoms with Gasteiger partial charge in [-0.15, -0.1) is 0 Å². The number of benzene rings is 1. The van der Waals surface area contributed by atoms with Crippen LogP contribution in [-0.2, 0) is 11.2 Å². The van der Waals surface area contributed by atoms with Crippen molar-refractivity contribution in [1.82, 2.24) is 15.0 Å². The highest BCUT2D eigenvalue weighted by atomic mass is 16.1. The summed E-state index contributed by atoms with van der Waals surface area (Å²) in [5, 5.41) is 2.84. The van der Waals surface area contributed by atoms with Crippen molar-refractivity contribution in [3.05, 3.63) is 96.6 Å². The van der Waals surface area contributed by atoms with E-state index < -0.39 is 0 Å². The lowest BCUT2D eigenvalue weighted by molar-refractivity contribution is -0.115. The number of aryl methyl sites for hydroxylation is 1. The van der Waals surface area contributed by atoms with Crippen LogP contribution in [0.4, 0.5) is 5.82 Å². The van der Waals surface area contributed by atoms with Gasteiger partial charge in [0, 0.05) is 35.4 Å². The molecule has 5 heteroatoms. The summed E-state index contributed by atoms with van der Waals surface area (Å²) in [6.45, 7) is 1.95. The number of carbonyl (C=O) groups is 1. The molecule has 4 rings (SSSR count). The Bertz CT molecular complexity index is 1110. The van der Waals surface area contributed by atoms with Crippen LogP contribution in [0, 0.1) is 6.92 Å². The number of hydrogen-bond acceptors (Lipinski definition) is 4. The van der Waals surface area contributed by atoms with Crippen LogP contribution in [0.1, 0.15) is 11.3 Å². The summed E-state index contributed by atoms with van der Waals surface area (Å²) in [6.07, 6.45) is 5.50. The van der Waals surface area contributed by atoms with Crippen molar-refractivity contribution in [3.63, 3.8) is 0 Å². The van der Waals surface area contributed by atoms with E-state index in [-0.39, 0.29) is 12.3 Å². The topological polar surface area (TPSA) is 67.8 Å². The summed E-state index contributed by atoms with van der Waals surface area (Å²) in [5.41, 5.74) is 5.76. The zero-order chi connectivity index (χ0) is 20.1. The smallest absolute Gasteiger partial charge is 0.230 e. The number of nitrogens with zero attached hydrogens (tertiary/aromatic N) is 3. The Balaban J connectivity index is 1.38. The van der Waals surface area contributed by atoms with Crippen LogP contribution in [0.2, 0.25) is 0 Å². The maximum Gasteiger partial charge on any atom is 0.230 e. The van der Waals surface area contributed by atoms with Gasteiger partial charge in [-0.3, -0.25) is 14.8 Å². The van der Waals surface area contributed by atoms with Gasteiger partial charge in [-0.2, -0.15) is 0 Å². The third kappa shape index (κ3) is 4.71. The second kappa shape index (κ2) is 8.44. The number of anilines is 1. The third-order valence-electron chi connectivity index (χ3n) is 4.52. The molecule has 0 atom stereocenters. The number of hydrogen-bond donors (Lipinski definition) is 1. The number of nitrogens with one attached hydrogen (secondary N) is 1. The molecule has 0 aliphatic rings. The number of amides is 1. The number of pyridine rings is 3. The highest BCUT2D eigenvalue weighted by Gasteiger charge is 2.07. The van der Waals surface area contributed by atoms with E-state index >= 15 is 0 Å². The summed E-state index contributed by atoms with van der Waals surface area (Å²) in [5.74, 6) is 0.408. The Morgan fingerprint density at radius 3 is 2.38 bits per heavy atom. The minimum atomic E-state index is -0.126. The molecule has 0 fully saturated rings. The van der Waals surface area contributed by atoms with Gasteiger partial charge in [-0.05, 0) is 48.4 Å². The van der Waals surface area contributed by atoms with E-state index in [0.717, 1.165) is 33.6 Å². The van der Waals surface area contributed by atoms with Crippen LogP contribution in [0.25, 0.3) is 22.4 Å². The minimum absolute atomic E-state index is 0.126. The fraction of sp³-hybridized carbons (Fsp3) is 0.0833. The first-order valence-electron chi connectivity index (χ1n) is 9.37. The number of rotatable bonds is 5. The summed E-state index contributed by atoms with van der Waals surface area (Å²) in [6, 6.07) is 21.5. The first kappa shape index (κ1) is 18.5. The van der Waals surface area contributed by atoms with Crippen molar-refractivity contribution in [3.8, 4) is 22.4 Å². The standard InChI is InChI=1S/C24H20N4O/c1-17-13-20(11-12-25-17)22-9-7-18(15-26-22)14-24(29)28-23-10-8-21(16-27-23)19-5-3-2-4-6-19/h2-13,15-16H,14H2,1H3,(H,27,28,29). The molecular formula is C24H20N4O. The molecule has 142 valence electrons. The number of aromatic nitrogens is 3. The highest BCUT2D eigenvalue weighted by Crippen LogP contribution is 2.20. The molecule has 3 aromatic heterocycles. The Kier molecular flexibility index (Phi) is 5.38. The Morgan fingerprint density at radius 2 is 1.69 bits per heavy atom. The lowest BCUT2D eigenvalue weighted by Gasteiger charge is -2.07. The van der Waals surface area contributed by atoms with Gasteiger partial charge in [0.05, 0.1) is 12.1 Å². The molecule has 0 saturated carbocycles. The molecule has 0 aliphatic heterocycles. The van der Waals surface area contributed by atoms with Gasteiger partial charge in [0.2, 0.25) is 5.91 Å². The van der Waals surface area contributed by atoms with E-state index in [0.29, 0.717) is 5.82 Å². The van der Waals surface area contributed by atoms with E-state index in [1.54, 1.807) is 18.6 Å². The molecule has 0 unspecified atom stereocenters. The summed E-state index contributed by atoms with van der Waals surface area (Å²) < 4.78 is 0. The van der Waals surface area contributed by atoms with Crippen LogP contribution < -0.4 is 5.32 Å². The van der Waals surface area contributed by atoms with Gasteiger partial charge in [0.15, 0.2) is 0 Å². The van der Waals surface area contributed by atoms with Gasteiger partial charge in [-0.25, -0.2) is 4.98 Å². The first-order chi connectivity index (χ1) is 14.2. The van der Waals surface area contributed by atoms with Crippen molar-refractivity contribution >= 4 is 11.7 Å². The Morgan fingerprint density at radius 1 is 0.828 bits per heavy atom.